The van der Waals surface area contributed by atoms with E-state index >= 15 is 0 Å². The largest absolute Gasteiger partial charge is 0.478 e. The number of hydrogen-bond acceptors (Lipinski definition) is 2. The number of aromatic nitrogens is 1. The van der Waals surface area contributed by atoms with E-state index in [9.17, 15) is 9.90 Å². The molecule has 1 N–H and O–H groups in total. The number of para-hydroxylation sites is 1. The minimum absolute atomic E-state index is 0.320. The lowest BCUT2D eigenvalue weighted by molar-refractivity contribution is -0.132. The molecule has 1 aromatic carbocycles. The molecule has 39 heavy (non-hydrogen) atoms. The molecule has 0 spiro atoms. The summed E-state index contributed by atoms with van der Waals surface area (Å²) in [5.41, 5.74) is 7.49. The van der Waals surface area contributed by atoms with E-state index in [-0.39, 0.29) is 0 Å². The number of aliphatic carboxylic acids is 1. The van der Waals surface area contributed by atoms with Crippen LogP contribution in [0.15, 0.2) is 48.7 Å². The summed E-state index contributed by atoms with van der Waals surface area (Å²) in [5.74, 6) is -0.404. The zero-order valence-electron chi connectivity index (χ0n) is 26.2. The van der Waals surface area contributed by atoms with Gasteiger partial charge in [0.1, 0.15) is 0 Å². The van der Waals surface area contributed by atoms with Crippen molar-refractivity contribution in [3.05, 3.63) is 65.5 Å². The molecular weight excluding hydrogens is 480 g/mol. The molecule has 2 aliphatic rings. The van der Waals surface area contributed by atoms with Gasteiger partial charge in [-0.05, 0) is 63.7 Å². The fraction of sp³-hybridized carbons (Fsp3) is 0.514. The summed E-state index contributed by atoms with van der Waals surface area (Å²) < 4.78 is 2.38. The molecule has 216 valence electrons. The van der Waals surface area contributed by atoms with Gasteiger partial charge in [0.15, 0.2) is 0 Å². The number of rotatable bonds is 5. The number of carboxylic acids is 1. The maximum Gasteiger partial charge on any atom is 0.331 e. The Hall–Kier alpha value is -3.01. The first-order chi connectivity index (χ1) is 19.0. The van der Waals surface area contributed by atoms with Gasteiger partial charge in [-0.3, -0.25) is 0 Å². The average molecular weight is 535 g/mol. The highest BCUT2D eigenvalue weighted by Crippen LogP contribution is 2.47. The number of fused-ring (bicyclic) bond motifs is 3. The van der Waals surface area contributed by atoms with Gasteiger partial charge in [-0.1, -0.05) is 97.7 Å². The molecule has 0 saturated heterocycles. The van der Waals surface area contributed by atoms with Crippen molar-refractivity contribution in [2.45, 2.75) is 119 Å². The van der Waals surface area contributed by atoms with Gasteiger partial charge >= 0.3 is 5.97 Å². The summed E-state index contributed by atoms with van der Waals surface area (Å²) in [7, 11) is 0. The van der Waals surface area contributed by atoms with Crippen molar-refractivity contribution in [1.82, 2.24) is 4.57 Å². The SMILES string of the molecule is C=Cc1c(C2CCCCC2)c2n(c1/C=C(\C)C(=O)O)CCC(C)N(/C=C\C)c1ccccc1-2.CC.CC.CC. The minimum Gasteiger partial charge on any atom is -0.478 e. The molecule has 2 aromatic rings. The van der Waals surface area contributed by atoms with E-state index in [1.54, 1.807) is 6.92 Å². The smallest absolute Gasteiger partial charge is 0.331 e. The van der Waals surface area contributed by atoms with Crippen molar-refractivity contribution < 1.29 is 9.90 Å². The van der Waals surface area contributed by atoms with E-state index in [0.29, 0.717) is 17.5 Å². The van der Waals surface area contributed by atoms with Crippen molar-refractivity contribution in [2.75, 3.05) is 4.90 Å². The Kier molecular flexibility index (Phi) is 15.3. The molecule has 1 fully saturated rings. The first-order valence-corrected chi connectivity index (χ1v) is 15.3. The second kappa shape index (κ2) is 17.6. The number of carboxylic acid groups (broad SMARTS) is 1. The van der Waals surface area contributed by atoms with Crippen molar-refractivity contribution in [3.8, 4) is 11.3 Å². The third kappa shape index (κ3) is 7.77. The molecule has 4 nitrogen and oxygen atoms in total. The van der Waals surface area contributed by atoms with Crippen LogP contribution in [0.25, 0.3) is 23.4 Å². The van der Waals surface area contributed by atoms with Gasteiger partial charge in [0.05, 0.1) is 11.4 Å². The van der Waals surface area contributed by atoms with E-state index in [0.717, 1.165) is 24.2 Å². The van der Waals surface area contributed by atoms with E-state index in [1.807, 2.05) is 53.7 Å². The Bertz CT molecular complexity index is 1100. The highest BCUT2D eigenvalue weighted by atomic mass is 16.4. The van der Waals surface area contributed by atoms with E-state index in [4.69, 9.17) is 0 Å². The summed E-state index contributed by atoms with van der Waals surface area (Å²) in [4.78, 5) is 14.1. The van der Waals surface area contributed by atoms with Gasteiger partial charge in [-0.25, -0.2) is 4.79 Å². The lowest BCUT2D eigenvalue weighted by Crippen LogP contribution is -2.31. The Morgan fingerprint density at radius 3 is 2.18 bits per heavy atom. The number of nitrogens with zero attached hydrogens (tertiary/aromatic N) is 2. The first-order valence-electron chi connectivity index (χ1n) is 15.3. The van der Waals surface area contributed by atoms with Crippen molar-refractivity contribution in [3.63, 3.8) is 0 Å². The minimum atomic E-state index is -0.876. The third-order valence-corrected chi connectivity index (χ3v) is 7.28. The number of hydrogen-bond donors (Lipinski definition) is 1. The molecule has 0 radical (unpaired) electrons. The van der Waals surface area contributed by atoms with Crippen molar-refractivity contribution in [2.24, 2.45) is 0 Å². The van der Waals surface area contributed by atoms with Crippen LogP contribution < -0.4 is 4.90 Å². The fourth-order valence-corrected chi connectivity index (χ4v) is 5.62. The van der Waals surface area contributed by atoms with Crippen LogP contribution in [0.2, 0.25) is 0 Å². The van der Waals surface area contributed by atoms with Crippen LogP contribution in [-0.4, -0.2) is 21.7 Å². The molecule has 4 rings (SSSR count). The zero-order valence-corrected chi connectivity index (χ0v) is 26.2. The normalized spacial score (nSPS) is 17.1. The topological polar surface area (TPSA) is 45.5 Å². The van der Waals surface area contributed by atoms with Crippen LogP contribution in [0.1, 0.15) is 124 Å². The highest BCUT2D eigenvalue weighted by Gasteiger charge is 2.31. The lowest BCUT2D eigenvalue weighted by atomic mass is 9.81. The Balaban J connectivity index is 0.00000119. The Labute approximate surface area is 239 Å². The summed E-state index contributed by atoms with van der Waals surface area (Å²) in [6.45, 7) is 23.0. The molecule has 1 aliphatic carbocycles. The number of carbonyl (C=O) groups is 1. The van der Waals surface area contributed by atoms with E-state index in [2.05, 4.69) is 66.4 Å². The van der Waals surface area contributed by atoms with Gasteiger partial charge < -0.3 is 14.6 Å². The molecule has 0 amide bonds. The highest BCUT2D eigenvalue weighted by molar-refractivity contribution is 5.93. The van der Waals surface area contributed by atoms with Crippen LogP contribution >= 0.6 is 0 Å². The standard InChI is InChI=1S/C29H36N2O2.3C2H6/c1-5-17-30-21(4)16-18-31-26(19-20(3)29(32)33)23(6-2)27(22-12-8-7-9-13-22)28(31)24-14-10-11-15-25(24)30;3*1-2/h5-6,10-11,14-15,17,19,21-22H,2,7-9,12-13,16,18H2,1,3-4H3,(H,32,33);3*1-2H3/b17-5-,20-19+;;;. The molecule has 1 saturated carbocycles. The molecule has 2 heterocycles. The Morgan fingerprint density at radius 2 is 1.62 bits per heavy atom. The molecular formula is C35H54N2O2. The van der Waals surface area contributed by atoms with Crippen LogP contribution in [0.3, 0.4) is 0 Å². The van der Waals surface area contributed by atoms with E-state index in [1.165, 1.54) is 54.6 Å². The summed E-state index contributed by atoms with van der Waals surface area (Å²) >= 11 is 0. The molecule has 4 heteroatoms. The number of allylic oxidation sites excluding steroid dienone is 1. The molecule has 1 aliphatic heterocycles. The van der Waals surface area contributed by atoms with Gasteiger partial charge in [0.2, 0.25) is 0 Å². The predicted octanol–water partition coefficient (Wildman–Crippen LogP) is 10.5. The van der Waals surface area contributed by atoms with Crippen molar-refractivity contribution >= 4 is 23.8 Å². The van der Waals surface area contributed by atoms with Crippen LogP contribution in [-0.2, 0) is 11.3 Å². The predicted molar refractivity (Wildman–Crippen MR) is 172 cm³/mol. The molecule has 1 atom stereocenters. The summed E-state index contributed by atoms with van der Waals surface area (Å²) in [6.07, 6.45) is 15.2. The van der Waals surface area contributed by atoms with Gasteiger partial charge in [0.25, 0.3) is 0 Å². The second-order valence-electron chi connectivity index (χ2n) is 9.43. The van der Waals surface area contributed by atoms with E-state index < -0.39 is 5.97 Å². The molecule has 0 bridgehead atoms. The maximum atomic E-state index is 11.8. The third-order valence-electron chi connectivity index (χ3n) is 7.28. The van der Waals surface area contributed by atoms with Crippen LogP contribution in [0, 0.1) is 0 Å². The van der Waals surface area contributed by atoms with Gasteiger partial charge in [-0.15, -0.1) is 0 Å². The molecule has 1 aromatic heterocycles. The zero-order chi connectivity index (χ0) is 29.5. The number of anilines is 1. The first kappa shape index (κ1) is 34.0. The molecule has 1 unspecified atom stereocenters. The van der Waals surface area contributed by atoms with Crippen molar-refractivity contribution in [1.29, 1.82) is 0 Å². The summed E-state index contributed by atoms with van der Waals surface area (Å²) in [5, 5.41) is 9.64. The Morgan fingerprint density at radius 1 is 1.00 bits per heavy atom. The summed E-state index contributed by atoms with van der Waals surface area (Å²) in [6, 6.07) is 8.99. The average Bonchev–Trinajstić information content (AvgIpc) is 3.29. The van der Waals surface area contributed by atoms with Crippen LogP contribution in [0.4, 0.5) is 5.69 Å². The lowest BCUT2D eigenvalue weighted by Gasteiger charge is -2.34. The second-order valence-corrected chi connectivity index (χ2v) is 9.43. The maximum absolute atomic E-state index is 11.8. The van der Waals surface area contributed by atoms with Gasteiger partial charge in [-0.2, -0.15) is 0 Å². The monoisotopic (exact) mass is 534 g/mol. The fourth-order valence-electron chi connectivity index (χ4n) is 5.62. The van der Waals surface area contributed by atoms with Crippen LogP contribution in [0.5, 0.6) is 0 Å². The number of benzene rings is 1. The quantitative estimate of drug-likeness (QED) is 0.388. The van der Waals surface area contributed by atoms with Gasteiger partial charge in [0, 0.05) is 41.2 Å².